The van der Waals surface area contributed by atoms with E-state index in [1.54, 1.807) is 12.3 Å². The SMILES string of the molecule is C=CCn1cc([C@H](C)N)cn1. The van der Waals surface area contributed by atoms with Crippen molar-refractivity contribution in [2.24, 2.45) is 5.73 Å². The Morgan fingerprint density at radius 3 is 3.09 bits per heavy atom. The van der Waals surface area contributed by atoms with E-state index in [-0.39, 0.29) is 6.04 Å². The molecule has 0 fully saturated rings. The molecule has 3 heteroatoms. The summed E-state index contributed by atoms with van der Waals surface area (Å²) in [5, 5.41) is 4.09. The minimum atomic E-state index is 0.0635. The van der Waals surface area contributed by atoms with Crippen LogP contribution in [-0.2, 0) is 6.54 Å². The topological polar surface area (TPSA) is 43.8 Å². The van der Waals surface area contributed by atoms with Crippen molar-refractivity contribution in [3.05, 3.63) is 30.6 Å². The van der Waals surface area contributed by atoms with E-state index >= 15 is 0 Å². The van der Waals surface area contributed by atoms with Crippen molar-refractivity contribution in [1.29, 1.82) is 0 Å². The highest BCUT2D eigenvalue weighted by molar-refractivity contribution is 5.08. The zero-order valence-electron chi connectivity index (χ0n) is 6.70. The molecule has 0 aliphatic heterocycles. The lowest BCUT2D eigenvalue weighted by molar-refractivity contribution is 0.700. The van der Waals surface area contributed by atoms with Crippen molar-refractivity contribution in [3.8, 4) is 0 Å². The van der Waals surface area contributed by atoms with Crippen LogP contribution in [0, 0.1) is 0 Å². The van der Waals surface area contributed by atoms with E-state index in [2.05, 4.69) is 11.7 Å². The second-order valence-electron chi connectivity index (χ2n) is 2.57. The largest absolute Gasteiger partial charge is 0.324 e. The fourth-order valence-corrected chi connectivity index (χ4v) is 0.847. The van der Waals surface area contributed by atoms with Crippen LogP contribution in [0.15, 0.2) is 25.0 Å². The molecule has 0 spiro atoms. The molecule has 3 nitrogen and oxygen atoms in total. The summed E-state index contributed by atoms with van der Waals surface area (Å²) in [4.78, 5) is 0. The van der Waals surface area contributed by atoms with Crippen LogP contribution in [0.25, 0.3) is 0 Å². The van der Waals surface area contributed by atoms with E-state index in [9.17, 15) is 0 Å². The molecular weight excluding hydrogens is 138 g/mol. The maximum absolute atomic E-state index is 5.64. The fraction of sp³-hybridized carbons (Fsp3) is 0.375. The molecule has 0 unspecified atom stereocenters. The summed E-state index contributed by atoms with van der Waals surface area (Å²) in [6, 6.07) is 0.0635. The Labute approximate surface area is 66.5 Å². The molecule has 0 radical (unpaired) electrons. The third-order valence-electron chi connectivity index (χ3n) is 1.50. The third-order valence-corrected chi connectivity index (χ3v) is 1.50. The molecule has 1 heterocycles. The molecular formula is C8H13N3. The minimum absolute atomic E-state index is 0.0635. The monoisotopic (exact) mass is 151 g/mol. The minimum Gasteiger partial charge on any atom is -0.324 e. The van der Waals surface area contributed by atoms with Gasteiger partial charge in [-0.25, -0.2) is 0 Å². The van der Waals surface area contributed by atoms with Gasteiger partial charge in [0.1, 0.15) is 0 Å². The highest BCUT2D eigenvalue weighted by atomic mass is 15.3. The third kappa shape index (κ3) is 1.91. The Morgan fingerprint density at radius 2 is 2.64 bits per heavy atom. The lowest BCUT2D eigenvalue weighted by atomic mass is 10.2. The average molecular weight is 151 g/mol. The maximum atomic E-state index is 5.64. The van der Waals surface area contributed by atoms with Gasteiger partial charge in [-0.1, -0.05) is 6.08 Å². The molecule has 0 saturated carbocycles. The van der Waals surface area contributed by atoms with Gasteiger partial charge >= 0.3 is 0 Å². The molecule has 0 aliphatic rings. The van der Waals surface area contributed by atoms with Crippen LogP contribution in [0.5, 0.6) is 0 Å². The van der Waals surface area contributed by atoms with Crippen molar-refractivity contribution < 1.29 is 0 Å². The number of nitrogens with zero attached hydrogens (tertiary/aromatic N) is 2. The van der Waals surface area contributed by atoms with Gasteiger partial charge in [0, 0.05) is 17.8 Å². The van der Waals surface area contributed by atoms with Gasteiger partial charge in [-0.3, -0.25) is 4.68 Å². The van der Waals surface area contributed by atoms with Crippen LogP contribution in [0.4, 0.5) is 0 Å². The first kappa shape index (κ1) is 8.01. The number of nitrogens with two attached hydrogens (primary N) is 1. The molecule has 0 amide bonds. The van der Waals surface area contributed by atoms with Crippen molar-refractivity contribution in [3.63, 3.8) is 0 Å². The molecule has 0 bridgehead atoms. The van der Waals surface area contributed by atoms with Crippen LogP contribution in [0.3, 0.4) is 0 Å². The van der Waals surface area contributed by atoms with Crippen LogP contribution in [-0.4, -0.2) is 9.78 Å². The van der Waals surface area contributed by atoms with Gasteiger partial charge < -0.3 is 5.73 Å². The van der Waals surface area contributed by atoms with Crippen molar-refractivity contribution in [2.45, 2.75) is 19.5 Å². The van der Waals surface area contributed by atoms with Gasteiger partial charge in [-0.05, 0) is 6.92 Å². The highest BCUT2D eigenvalue weighted by Gasteiger charge is 2.00. The van der Waals surface area contributed by atoms with Crippen LogP contribution in [0.2, 0.25) is 0 Å². The first-order valence-corrected chi connectivity index (χ1v) is 3.63. The number of hydrogen-bond donors (Lipinski definition) is 1. The first-order chi connectivity index (χ1) is 5.24. The summed E-state index contributed by atoms with van der Waals surface area (Å²) >= 11 is 0. The van der Waals surface area contributed by atoms with E-state index < -0.39 is 0 Å². The van der Waals surface area contributed by atoms with E-state index in [4.69, 9.17) is 5.73 Å². The number of rotatable bonds is 3. The summed E-state index contributed by atoms with van der Waals surface area (Å²) in [5.74, 6) is 0. The van der Waals surface area contributed by atoms with Gasteiger partial charge in [0.05, 0.1) is 12.7 Å². The lowest BCUT2D eigenvalue weighted by Gasteiger charge is -1.97. The Balaban J connectivity index is 2.73. The summed E-state index contributed by atoms with van der Waals surface area (Å²) in [6.45, 7) is 6.30. The molecule has 1 aromatic rings. The smallest absolute Gasteiger partial charge is 0.0587 e. The van der Waals surface area contributed by atoms with E-state index in [0.29, 0.717) is 0 Å². The Bertz CT molecular complexity index is 237. The van der Waals surface area contributed by atoms with Gasteiger partial charge in [-0.2, -0.15) is 5.10 Å². The molecule has 1 rings (SSSR count). The Kier molecular flexibility index (Phi) is 2.44. The van der Waals surface area contributed by atoms with Gasteiger partial charge in [-0.15, -0.1) is 6.58 Å². The quantitative estimate of drug-likeness (QED) is 0.657. The van der Waals surface area contributed by atoms with Gasteiger partial charge in [0.15, 0.2) is 0 Å². The standard InChI is InChI=1S/C8H13N3/c1-3-4-11-6-8(5-10-11)7(2)9/h3,5-7H,1,4,9H2,2H3/t7-/m0/s1. The number of hydrogen-bond acceptors (Lipinski definition) is 2. The van der Waals surface area contributed by atoms with E-state index in [0.717, 1.165) is 12.1 Å². The summed E-state index contributed by atoms with van der Waals surface area (Å²) < 4.78 is 1.81. The first-order valence-electron chi connectivity index (χ1n) is 3.63. The summed E-state index contributed by atoms with van der Waals surface area (Å²) in [6.07, 6.45) is 5.53. The Morgan fingerprint density at radius 1 is 1.91 bits per heavy atom. The molecule has 11 heavy (non-hydrogen) atoms. The van der Waals surface area contributed by atoms with Crippen LogP contribution in [0.1, 0.15) is 18.5 Å². The van der Waals surface area contributed by atoms with Gasteiger partial charge in [0.2, 0.25) is 0 Å². The van der Waals surface area contributed by atoms with E-state index in [1.165, 1.54) is 0 Å². The predicted molar refractivity (Wildman–Crippen MR) is 45.0 cm³/mol. The molecule has 2 N–H and O–H groups in total. The molecule has 1 atom stereocenters. The zero-order valence-corrected chi connectivity index (χ0v) is 6.70. The molecule has 1 aromatic heterocycles. The van der Waals surface area contributed by atoms with Crippen LogP contribution < -0.4 is 5.73 Å². The zero-order chi connectivity index (χ0) is 8.27. The normalized spacial score (nSPS) is 12.9. The average Bonchev–Trinajstić information content (AvgIpc) is 2.37. The molecule has 0 aromatic carbocycles. The van der Waals surface area contributed by atoms with Gasteiger partial charge in [0.25, 0.3) is 0 Å². The second kappa shape index (κ2) is 3.34. The molecule has 0 aliphatic carbocycles. The number of allylic oxidation sites excluding steroid dienone is 1. The summed E-state index contributed by atoms with van der Waals surface area (Å²) in [5.41, 5.74) is 6.71. The fourth-order valence-electron chi connectivity index (χ4n) is 0.847. The Hall–Kier alpha value is -1.09. The van der Waals surface area contributed by atoms with Crippen molar-refractivity contribution in [1.82, 2.24) is 9.78 Å². The lowest BCUT2D eigenvalue weighted by Crippen LogP contribution is -2.03. The van der Waals surface area contributed by atoms with E-state index in [1.807, 2.05) is 17.8 Å². The highest BCUT2D eigenvalue weighted by Crippen LogP contribution is 2.06. The van der Waals surface area contributed by atoms with Crippen molar-refractivity contribution in [2.75, 3.05) is 0 Å². The predicted octanol–water partition coefficient (Wildman–Crippen LogP) is 1.09. The van der Waals surface area contributed by atoms with Crippen molar-refractivity contribution >= 4 is 0 Å². The van der Waals surface area contributed by atoms with Crippen LogP contribution >= 0.6 is 0 Å². The molecule has 60 valence electrons. The second-order valence-corrected chi connectivity index (χ2v) is 2.57. The number of aromatic nitrogens is 2. The summed E-state index contributed by atoms with van der Waals surface area (Å²) in [7, 11) is 0. The maximum Gasteiger partial charge on any atom is 0.0587 e. The molecule has 0 saturated heterocycles.